The van der Waals surface area contributed by atoms with Crippen molar-refractivity contribution in [3.8, 4) is 10.4 Å². The number of rotatable bonds is 6. The van der Waals surface area contributed by atoms with E-state index < -0.39 is 6.23 Å². The highest BCUT2D eigenvalue weighted by Gasteiger charge is 2.20. The van der Waals surface area contributed by atoms with Crippen LogP contribution in [0.1, 0.15) is 30.3 Å². The van der Waals surface area contributed by atoms with Gasteiger partial charge in [0.2, 0.25) is 0 Å². The Hall–Kier alpha value is -3.12. The number of likely N-dealkylation sites (tertiary alicyclic amines) is 1. The number of aryl methyl sites for hydroxylation is 1. The van der Waals surface area contributed by atoms with E-state index in [0.717, 1.165) is 40.6 Å². The van der Waals surface area contributed by atoms with Crippen LogP contribution in [0.4, 0.5) is 0 Å². The summed E-state index contributed by atoms with van der Waals surface area (Å²) in [5, 5.41) is 23.3. The number of aromatic amines is 1. The molecule has 176 valence electrons. The van der Waals surface area contributed by atoms with Crippen molar-refractivity contribution in [3.05, 3.63) is 46.3 Å². The van der Waals surface area contributed by atoms with Crippen molar-refractivity contribution in [1.82, 2.24) is 39.6 Å². The lowest BCUT2D eigenvalue weighted by molar-refractivity contribution is 0.134. The summed E-state index contributed by atoms with van der Waals surface area (Å²) in [5.41, 5.74) is 4.19. The van der Waals surface area contributed by atoms with E-state index in [1.807, 2.05) is 31.0 Å². The van der Waals surface area contributed by atoms with Crippen LogP contribution in [0.15, 0.2) is 29.5 Å². The predicted octanol–water partition coefficient (Wildman–Crippen LogP) is 2.17. The topological polar surface area (TPSA) is 116 Å². The number of nitrogens with one attached hydrogen (secondary N) is 2. The molecule has 0 radical (unpaired) electrons. The second-order valence-corrected chi connectivity index (χ2v) is 9.89. The first kappa shape index (κ1) is 21.4. The number of aliphatic hydroxyl groups is 1. The van der Waals surface area contributed by atoms with Crippen LogP contribution in [0, 0.1) is 6.92 Å². The second-order valence-electron chi connectivity index (χ2n) is 8.86. The molecule has 0 saturated carbocycles. The molecule has 1 unspecified atom stereocenters. The Labute approximate surface area is 198 Å². The number of hydrogen-bond donors (Lipinski definition) is 3. The number of aliphatic hydroxyl groups excluding tert-OH is 1. The molecule has 1 fully saturated rings. The lowest BCUT2D eigenvalue weighted by atomic mass is 10.2. The molecule has 0 spiro atoms. The fourth-order valence-corrected chi connectivity index (χ4v) is 5.81. The molecule has 0 aromatic carbocycles. The smallest absolute Gasteiger partial charge is 0.261 e. The number of aromatic nitrogens is 6. The van der Waals surface area contributed by atoms with Gasteiger partial charge >= 0.3 is 0 Å². The molecule has 11 heteroatoms. The molecule has 3 N–H and O–H groups in total. The second kappa shape index (κ2) is 8.27. The molecule has 5 aromatic heterocycles. The minimum atomic E-state index is -0.852. The predicted molar refractivity (Wildman–Crippen MR) is 132 cm³/mol. The summed E-state index contributed by atoms with van der Waals surface area (Å²) in [5.74, 6) is 0. The minimum Gasteiger partial charge on any atom is -0.374 e. The normalized spacial score (nSPS) is 15.9. The highest BCUT2D eigenvalue weighted by atomic mass is 32.1. The maximum atomic E-state index is 13.1. The van der Waals surface area contributed by atoms with Crippen LogP contribution in [0.2, 0.25) is 0 Å². The summed E-state index contributed by atoms with van der Waals surface area (Å²) in [6.45, 7) is 5.85. The van der Waals surface area contributed by atoms with Gasteiger partial charge in [-0.25, -0.2) is 4.52 Å². The van der Waals surface area contributed by atoms with Gasteiger partial charge in [0.1, 0.15) is 27.5 Å². The van der Waals surface area contributed by atoms with Crippen molar-refractivity contribution in [2.75, 3.05) is 26.2 Å². The van der Waals surface area contributed by atoms with Gasteiger partial charge in [-0.2, -0.15) is 10.2 Å². The Bertz CT molecular complexity index is 1570. The summed E-state index contributed by atoms with van der Waals surface area (Å²) >= 11 is 1.51. The molecule has 1 saturated heterocycles. The van der Waals surface area contributed by atoms with E-state index in [9.17, 15) is 9.90 Å². The molecule has 1 atom stereocenters. The van der Waals surface area contributed by atoms with E-state index in [4.69, 9.17) is 0 Å². The van der Waals surface area contributed by atoms with Gasteiger partial charge in [-0.3, -0.25) is 19.8 Å². The van der Waals surface area contributed by atoms with E-state index in [1.165, 1.54) is 24.2 Å². The summed E-state index contributed by atoms with van der Waals surface area (Å²) in [6.07, 6.45) is 7.04. The van der Waals surface area contributed by atoms with Crippen molar-refractivity contribution in [2.45, 2.75) is 26.0 Å². The van der Waals surface area contributed by atoms with Gasteiger partial charge in [-0.15, -0.1) is 11.3 Å². The van der Waals surface area contributed by atoms with Crippen LogP contribution in [0.3, 0.4) is 0 Å². The molecule has 5 aromatic rings. The number of H-pyrrole nitrogens is 1. The first-order chi connectivity index (χ1) is 16.5. The molecule has 10 nitrogen and oxygen atoms in total. The lowest BCUT2D eigenvalue weighted by Crippen LogP contribution is -2.32. The summed E-state index contributed by atoms with van der Waals surface area (Å²) in [7, 11) is 1.91. The summed E-state index contributed by atoms with van der Waals surface area (Å²) < 4.78 is 3.57. The van der Waals surface area contributed by atoms with Crippen LogP contribution >= 0.6 is 11.3 Å². The third-order valence-electron chi connectivity index (χ3n) is 6.70. The van der Waals surface area contributed by atoms with Crippen molar-refractivity contribution < 1.29 is 5.11 Å². The number of pyridine rings is 2. The molecule has 6 heterocycles. The van der Waals surface area contributed by atoms with Crippen molar-refractivity contribution in [2.24, 2.45) is 7.05 Å². The van der Waals surface area contributed by atoms with Crippen LogP contribution in [-0.2, 0) is 7.05 Å². The Morgan fingerprint density at radius 1 is 1.26 bits per heavy atom. The molecule has 0 amide bonds. The van der Waals surface area contributed by atoms with Crippen LogP contribution in [0.5, 0.6) is 0 Å². The number of hydrogen-bond acceptors (Lipinski definition) is 8. The third kappa shape index (κ3) is 3.52. The molecular formula is C23H26N8O2S. The Morgan fingerprint density at radius 3 is 2.85 bits per heavy atom. The maximum Gasteiger partial charge on any atom is 0.261 e. The first-order valence-corrected chi connectivity index (χ1v) is 12.3. The van der Waals surface area contributed by atoms with E-state index in [1.54, 1.807) is 16.8 Å². The quantitative estimate of drug-likeness (QED) is 0.320. The SMILES string of the molecule is Cc1c(-c2cn3nc4c5ncc(C(O)NCCN6CCCC6)cc5[nH]c(=O)c4c3s2)cnn1C. The van der Waals surface area contributed by atoms with E-state index in [0.29, 0.717) is 34.0 Å². The lowest BCUT2D eigenvalue weighted by Gasteiger charge is -2.18. The van der Waals surface area contributed by atoms with Crippen LogP contribution in [-0.4, -0.2) is 65.5 Å². The Kier molecular flexibility index (Phi) is 5.21. The number of nitrogens with zero attached hydrogens (tertiary/aromatic N) is 6. The zero-order valence-corrected chi connectivity index (χ0v) is 19.9. The largest absolute Gasteiger partial charge is 0.374 e. The zero-order valence-electron chi connectivity index (χ0n) is 19.1. The van der Waals surface area contributed by atoms with E-state index in [-0.39, 0.29) is 5.56 Å². The van der Waals surface area contributed by atoms with Gasteiger partial charge in [0.05, 0.1) is 16.6 Å². The first-order valence-electron chi connectivity index (χ1n) is 11.5. The maximum absolute atomic E-state index is 13.1. The number of thiazole rings is 1. The van der Waals surface area contributed by atoms with E-state index in [2.05, 4.69) is 30.4 Å². The summed E-state index contributed by atoms with van der Waals surface area (Å²) in [6, 6.07) is 1.77. The Balaban J connectivity index is 1.33. The molecular weight excluding hydrogens is 452 g/mol. The fraction of sp³-hybridized carbons (Fsp3) is 0.391. The third-order valence-corrected chi connectivity index (χ3v) is 7.83. The summed E-state index contributed by atoms with van der Waals surface area (Å²) in [4.78, 5) is 24.7. The highest BCUT2D eigenvalue weighted by molar-refractivity contribution is 7.21. The fourth-order valence-electron chi connectivity index (χ4n) is 4.66. The van der Waals surface area contributed by atoms with E-state index >= 15 is 0 Å². The molecule has 1 aliphatic rings. The van der Waals surface area contributed by atoms with Gasteiger partial charge in [-0.05, 0) is 38.9 Å². The highest BCUT2D eigenvalue weighted by Crippen LogP contribution is 2.34. The number of fused-ring (bicyclic) bond motifs is 5. The minimum absolute atomic E-state index is 0.218. The molecule has 1 aliphatic heterocycles. The van der Waals surface area contributed by atoms with Gasteiger partial charge in [0.15, 0.2) is 0 Å². The van der Waals surface area contributed by atoms with Crippen LogP contribution < -0.4 is 10.9 Å². The van der Waals surface area contributed by atoms with Gasteiger partial charge in [-0.1, -0.05) is 0 Å². The van der Waals surface area contributed by atoms with Gasteiger partial charge in [0.25, 0.3) is 5.56 Å². The molecule has 34 heavy (non-hydrogen) atoms. The zero-order chi connectivity index (χ0) is 23.4. The van der Waals surface area contributed by atoms with Crippen LogP contribution in [0.25, 0.3) is 37.2 Å². The van der Waals surface area contributed by atoms with Gasteiger partial charge in [0, 0.05) is 49.4 Å². The monoisotopic (exact) mass is 478 g/mol. The average molecular weight is 479 g/mol. The van der Waals surface area contributed by atoms with Crippen molar-refractivity contribution >= 4 is 38.1 Å². The Morgan fingerprint density at radius 2 is 2.09 bits per heavy atom. The van der Waals surface area contributed by atoms with Gasteiger partial charge < -0.3 is 15.0 Å². The molecule has 0 aliphatic carbocycles. The van der Waals surface area contributed by atoms with Crippen molar-refractivity contribution in [3.63, 3.8) is 0 Å². The standard InChI is InChI=1S/C23H26N8O2S/c1-13-15(11-26-29(13)2)17-12-31-23(34-17)18-20(28-31)19-16(27-22(18)33)9-14(10-25-19)21(32)24-5-8-30-6-3-4-7-30/h9-12,21,24,32H,3-8H2,1-2H3,(H,27,33). The molecule has 6 rings (SSSR count). The average Bonchev–Trinajstić information content (AvgIpc) is 3.59. The van der Waals surface area contributed by atoms with Crippen molar-refractivity contribution in [1.29, 1.82) is 0 Å². The molecule has 0 bridgehead atoms.